The van der Waals surface area contributed by atoms with Crippen LogP contribution in [0.25, 0.3) is 0 Å². The van der Waals surface area contributed by atoms with Gasteiger partial charge in [0.15, 0.2) is 12.4 Å². The fraction of sp³-hybridized carbons (Fsp3) is 0.647. The first-order valence-corrected chi connectivity index (χ1v) is 7.51. The van der Waals surface area contributed by atoms with Gasteiger partial charge in [-0.25, -0.2) is 4.57 Å². The maximum Gasteiger partial charge on any atom is 0.169 e. The highest BCUT2D eigenvalue weighted by Crippen LogP contribution is 2.08. The van der Waals surface area contributed by atoms with E-state index in [-0.39, 0.29) is 0 Å². The number of rotatable bonds is 9. The highest BCUT2D eigenvalue weighted by molar-refractivity contribution is 5.03. The summed E-state index contributed by atoms with van der Waals surface area (Å²) in [5.74, 6) is 0. The van der Waals surface area contributed by atoms with E-state index in [4.69, 9.17) is 11.8 Å². The van der Waals surface area contributed by atoms with Crippen molar-refractivity contribution >= 4 is 0 Å². The average molecular weight is 260 g/mol. The molecule has 0 amide bonds. The first kappa shape index (κ1) is 17.6. The minimum Gasteiger partial charge on any atom is -0.512 e. The van der Waals surface area contributed by atoms with Crippen molar-refractivity contribution in [2.24, 2.45) is 0 Å². The SMILES string of the molecule is CCCCCCCCCC[n+]1ccc(C)cc1.[C-]#N. The molecule has 0 aliphatic heterocycles. The van der Waals surface area contributed by atoms with Crippen LogP contribution >= 0.6 is 0 Å². The Kier molecular flexibility index (Phi) is 12.1. The van der Waals surface area contributed by atoms with Crippen LogP contribution < -0.4 is 4.57 Å². The van der Waals surface area contributed by atoms with Gasteiger partial charge in [-0.3, -0.25) is 0 Å². The molecule has 0 aromatic carbocycles. The van der Waals surface area contributed by atoms with E-state index < -0.39 is 0 Å². The lowest BCUT2D eigenvalue weighted by Crippen LogP contribution is -2.32. The molecule has 2 heteroatoms. The molecule has 0 N–H and O–H groups in total. The van der Waals surface area contributed by atoms with E-state index in [1.54, 1.807) is 0 Å². The predicted octanol–water partition coefficient (Wildman–Crippen LogP) is 4.52. The van der Waals surface area contributed by atoms with Crippen LogP contribution in [0.4, 0.5) is 0 Å². The molecule has 0 fully saturated rings. The summed E-state index contributed by atoms with van der Waals surface area (Å²) in [6.45, 7) is 10.3. The highest BCUT2D eigenvalue weighted by atomic mass is 14.9. The van der Waals surface area contributed by atoms with Crippen LogP contribution in [0.5, 0.6) is 0 Å². The van der Waals surface area contributed by atoms with E-state index >= 15 is 0 Å². The smallest absolute Gasteiger partial charge is 0.169 e. The lowest BCUT2D eigenvalue weighted by molar-refractivity contribution is -0.697. The zero-order valence-corrected chi connectivity index (χ0v) is 12.6. The summed E-state index contributed by atoms with van der Waals surface area (Å²) in [4.78, 5) is 0. The first-order chi connectivity index (χ1) is 9.33. The molecule has 1 heterocycles. The van der Waals surface area contributed by atoms with Gasteiger partial charge in [0, 0.05) is 18.6 Å². The molecule has 2 nitrogen and oxygen atoms in total. The van der Waals surface area contributed by atoms with Gasteiger partial charge in [-0.2, -0.15) is 0 Å². The molecule has 1 rings (SSSR count). The van der Waals surface area contributed by atoms with E-state index in [1.165, 1.54) is 63.5 Å². The Morgan fingerprint density at radius 3 is 1.89 bits per heavy atom. The summed E-state index contributed by atoms with van der Waals surface area (Å²) in [6.07, 6.45) is 15.6. The molecule has 0 aliphatic carbocycles. The van der Waals surface area contributed by atoms with Crippen LogP contribution in [0.15, 0.2) is 24.5 Å². The first-order valence-electron chi connectivity index (χ1n) is 7.51. The maximum absolute atomic E-state index is 6.25. The monoisotopic (exact) mass is 260 g/mol. The normalized spacial score (nSPS) is 9.68. The van der Waals surface area contributed by atoms with Gasteiger partial charge in [0.25, 0.3) is 0 Å². The lowest BCUT2D eigenvalue weighted by Gasteiger charge is -2.00. The van der Waals surface area contributed by atoms with Crippen molar-refractivity contribution in [1.29, 1.82) is 5.26 Å². The van der Waals surface area contributed by atoms with E-state index in [2.05, 4.69) is 42.9 Å². The van der Waals surface area contributed by atoms with Gasteiger partial charge in [-0.05, 0) is 18.9 Å². The van der Waals surface area contributed by atoms with Gasteiger partial charge < -0.3 is 11.8 Å². The molecule has 0 unspecified atom stereocenters. The molecule has 0 aliphatic rings. The van der Waals surface area contributed by atoms with Crippen molar-refractivity contribution < 1.29 is 4.57 Å². The largest absolute Gasteiger partial charge is 0.512 e. The number of unbranched alkanes of at least 4 members (excludes halogenated alkanes) is 7. The number of aromatic nitrogens is 1. The Morgan fingerprint density at radius 2 is 1.37 bits per heavy atom. The number of nitrogens with zero attached hydrogens (tertiary/aromatic N) is 2. The average Bonchev–Trinajstić information content (AvgIpc) is 2.46. The van der Waals surface area contributed by atoms with E-state index in [1.807, 2.05) is 0 Å². The standard InChI is InChI=1S/C16H28N.CN/c1-3-4-5-6-7-8-9-10-13-17-14-11-16(2)12-15-17;1-2/h11-12,14-15H,3-10,13H2,1-2H3;/q+1;-1. The van der Waals surface area contributed by atoms with E-state index in [0.29, 0.717) is 0 Å². The van der Waals surface area contributed by atoms with Crippen molar-refractivity contribution in [3.8, 4) is 0 Å². The molecule has 0 saturated heterocycles. The van der Waals surface area contributed by atoms with Gasteiger partial charge in [-0.15, -0.1) is 0 Å². The minimum atomic E-state index is 1.18. The number of aryl methyl sites for hydroxylation is 2. The summed E-state index contributed by atoms with van der Waals surface area (Å²) in [5, 5.41) is 6.25. The second-order valence-corrected chi connectivity index (χ2v) is 5.09. The van der Waals surface area contributed by atoms with Crippen molar-refractivity contribution in [3.05, 3.63) is 36.7 Å². The van der Waals surface area contributed by atoms with Gasteiger partial charge in [-0.1, -0.05) is 45.4 Å². The van der Waals surface area contributed by atoms with Gasteiger partial charge in [0.1, 0.15) is 6.54 Å². The number of pyridine rings is 1. The van der Waals surface area contributed by atoms with Crippen LogP contribution in [-0.4, -0.2) is 0 Å². The summed E-state index contributed by atoms with van der Waals surface area (Å²) in [6, 6.07) is 4.37. The number of hydrogen-bond donors (Lipinski definition) is 0. The molecule has 0 radical (unpaired) electrons. The van der Waals surface area contributed by atoms with E-state index in [9.17, 15) is 0 Å². The van der Waals surface area contributed by atoms with Crippen LogP contribution in [-0.2, 0) is 6.54 Å². The summed E-state index contributed by atoms with van der Waals surface area (Å²) in [5.41, 5.74) is 1.34. The molecule has 1 aromatic rings. The van der Waals surface area contributed by atoms with Crippen LogP contribution in [0.2, 0.25) is 0 Å². The minimum absolute atomic E-state index is 1.18. The molecule has 0 spiro atoms. The Hall–Kier alpha value is -1.36. The number of hydrogen-bond acceptors (Lipinski definition) is 1. The van der Waals surface area contributed by atoms with Gasteiger partial charge in [0.2, 0.25) is 0 Å². The van der Waals surface area contributed by atoms with Crippen LogP contribution in [0, 0.1) is 18.8 Å². The molecule has 19 heavy (non-hydrogen) atoms. The van der Waals surface area contributed by atoms with Crippen LogP contribution in [0.1, 0.15) is 63.9 Å². The molecule has 0 atom stereocenters. The molecule has 1 aromatic heterocycles. The van der Waals surface area contributed by atoms with Crippen molar-refractivity contribution in [2.75, 3.05) is 0 Å². The highest BCUT2D eigenvalue weighted by Gasteiger charge is 1.98. The second kappa shape index (κ2) is 13.1. The summed E-state index contributed by atoms with van der Waals surface area (Å²) >= 11 is 0. The topological polar surface area (TPSA) is 27.7 Å². The lowest BCUT2D eigenvalue weighted by atomic mass is 10.1. The van der Waals surface area contributed by atoms with Gasteiger partial charge in [0.05, 0.1) is 0 Å². The maximum atomic E-state index is 6.25. The Labute approximate surface area is 119 Å². The molecule has 0 bridgehead atoms. The third-order valence-electron chi connectivity index (χ3n) is 3.33. The molecule has 106 valence electrons. The third-order valence-corrected chi connectivity index (χ3v) is 3.33. The summed E-state index contributed by atoms with van der Waals surface area (Å²) in [7, 11) is 0. The Bertz CT molecular complexity index is 314. The molecule has 0 saturated carbocycles. The third kappa shape index (κ3) is 10.3. The Balaban J connectivity index is 0.00000154. The van der Waals surface area contributed by atoms with Crippen LogP contribution in [0.3, 0.4) is 0 Å². The van der Waals surface area contributed by atoms with Gasteiger partial charge >= 0.3 is 0 Å². The Morgan fingerprint density at radius 1 is 0.895 bits per heavy atom. The van der Waals surface area contributed by atoms with Crippen molar-refractivity contribution in [3.63, 3.8) is 0 Å². The molecular weight excluding hydrogens is 232 g/mol. The van der Waals surface area contributed by atoms with Crippen molar-refractivity contribution in [2.45, 2.75) is 71.8 Å². The second-order valence-electron chi connectivity index (χ2n) is 5.09. The van der Waals surface area contributed by atoms with E-state index in [0.717, 1.165) is 0 Å². The fourth-order valence-electron chi connectivity index (χ4n) is 2.11. The fourth-order valence-corrected chi connectivity index (χ4v) is 2.11. The zero-order chi connectivity index (χ0) is 14.3. The zero-order valence-electron chi connectivity index (χ0n) is 12.6. The predicted molar refractivity (Wildman–Crippen MR) is 79.0 cm³/mol. The quantitative estimate of drug-likeness (QED) is 0.364. The summed E-state index contributed by atoms with van der Waals surface area (Å²) < 4.78 is 2.30. The van der Waals surface area contributed by atoms with Crippen molar-refractivity contribution in [1.82, 2.24) is 0 Å². The molecular formula is C17H28N2.